The highest BCUT2D eigenvalue weighted by Crippen LogP contribution is 2.18. The lowest BCUT2D eigenvalue weighted by molar-refractivity contribution is 0.0186. The van der Waals surface area contributed by atoms with E-state index in [4.69, 9.17) is 15.2 Å². The number of piperazine rings is 1. The van der Waals surface area contributed by atoms with E-state index in [1.807, 2.05) is 25.7 Å². The Kier molecular flexibility index (Phi) is 9.42. The molecule has 1 heterocycles. The van der Waals surface area contributed by atoms with Gasteiger partial charge in [-0.15, -0.1) is 24.0 Å². The lowest BCUT2D eigenvalue weighted by atomic mass is 10.1. The van der Waals surface area contributed by atoms with Gasteiger partial charge >= 0.3 is 6.09 Å². The van der Waals surface area contributed by atoms with Crippen molar-refractivity contribution >= 4 is 36.0 Å². The third-order valence-corrected chi connectivity index (χ3v) is 4.20. The second-order valence-corrected chi connectivity index (χ2v) is 7.43. The van der Waals surface area contributed by atoms with Gasteiger partial charge in [0.05, 0.1) is 6.54 Å². The number of nitrogens with two attached hydrogens (primary N) is 1. The van der Waals surface area contributed by atoms with Crippen molar-refractivity contribution in [3.63, 3.8) is 0 Å². The Hall–Kier alpha value is -1.62. The third-order valence-electron chi connectivity index (χ3n) is 4.20. The molecule has 0 saturated carbocycles. The fraction of sp³-hybridized carbons (Fsp3) is 0.579. The van der Waals surface area contributed by atoms with Gasteiger partial charge in [0.15, 0.2) is 5.96 Å². The molecule has 0 spiro atoms. The molecule has 9 heteroatoms. The number of carbonyl (C=O) groups is 1. The van der Waals surface area contributed by atoms with Crippen molar-refractivity contribution in [2.75, 3.05) is 39.8 Å². The summed E-state index contributed by atoms with van der Waals surface area (Å²) in [4.78, 5) is 20.1. The minimum atomic E-state index is -0.510. The molecule has 2 rings (SSSR count). The average Bonchev–Trinajstić information content (AvgIpc) is 2.62. The van der Waals surface area contributed by atoms with Crippen LogP contribution in [0.1, 0.15) is 32.4 Å². The molecular weight excluding hydrogens is 478 g/mol. The second-order valence-electron chi connectivity index (χ2n) is 7.43. The number of benzene rings is 1. The van der Waals surface area contributed by atoms with Gasteiger partial charge < -0.3 is 25.0 Å². The van der Waals surface area contributed by atoms with Gasteiger partial charge in [-0.3, -0.25) is 4.99 Å². The number of hydrogen-bond acceptors (Lipinski definition) is 4. The van der Waals surface area contributed by atoms with Gasteiger partial charge in [-0.2, -0.15) is 0 Å². The van der Waals surface area contributed by atoms with Gasteiger partial charge in [0.2, 0.25) is 0 Å². The van der Waals surface area contributed by atoms with E-state index in [1.54, 1.807) is 24.1 Å². The molecule has 1 atom stereocenters. The maximum absolute atomic E-state index is 13.1. The fourth-order valence-electron chi connectivity index (χ4n) is 2.71. The average molecular weight is 508 g/mol. The monoisotopic (exact) mass is 508 g/mol. The van der Waals surface area contributed by atoms with Crippen molar-refractivity contribution < 1.29 is 18.7 Å². The normalized spacial score (nSPS) is 16.4. The van der Waals surface area contributed by atoms with Crippen LogP contribution in [0, 0.1) is 5.82 Å². The van der Waals surface area contributed by atoms with Crippen LogP contribution in [0.3, 0.4) is 0 Å². The molecule has 0 radical (unpaired) electrons. The molecule has 2 N–H and O–H groups in total. The number of rotatable bonds is 4. The minimum Gasteiger partial charge on any atom is -0.444 e. The van der Waals surface area contributed by atoms with Crippen LogP contribution in [-0.4, -0.2) is 67.3 Å². The van der Waals surface area contributed by atoms with E-state index >= 15 is 0 Å². The summed E-state index contributed by atoms with van der Waals surface area (Å²) in [5, 5.41) is 0. The zero-order valence-electron chi connectivity index (χ0n) is 16.9. The summed E-state index contributed by atoms with van der Waals surface area (Å²) in [6, 6.07) is 6.14. The SMILES string of the molecule is COC(CN=C(N)N1CCN(C(=O)OC(C)(C)C)CC1)c1ccc(F)cc1.I. The predicted molar refractivity (Wildman–Crippen MR) is 117 cm³/mol. The lowest BCUT2D eigenvalue weighted by Gasteiger charge is -2.36. The summed E-state index contributed by atoms with van der Waals surface area (Å²) >= 11 is 0. The van der Waals surface area contributed by atoms with Gasteiger partial charge in [0, 0.05) is 33.3 Å². The fourth-order valence-corrected chi connectivity index (χ4v) is 2.71. The van der Waals surface area contributed by atoms with Crippen LogP contribution < -0.4 is 5.73 Å². The van der Waals surface area contributed by atoms with Gasteiger partial charge in [-0.25, -0.2) is 9.18 Å². The summed E-state index contributed by atoms with van der Waals surface area (Å²) in [7, 11) is 1.58. The Morgan fingerprint density at radius 3 is 2.21 bits per heavy atom. The summed E-state index contributed by atoms with van der Waals surface area (Å²) in [6.07, 6.45) is -0.611. The summed E-state index contributed by atoms with van der Waals surface area (Å²) in [5.41, 5.74) is 6.43. The van der Waals surface area contributed by atoms with Gasteiger partial charge in [0.1, 0.15) is 17.5 Å². The first-order valence-electron chi connectivity index (χ1n) is 9.00. The van der Waals surface area contributed by atoms with Crippen molar-refractivity contribution in [2.24, 2.45) is 10.7 Å². The summed E-state index contributed by atoms with van der Waals surface area (Å²) < 4.78 is 23.9. The number of carbonyl (C=O) groups excluding carboxylic acids is 1. The number of halogens is 2. The van der Waals surface area contributed by atoms with Crippen molar-refractivity contribution in [1.29, 1.82) is 0 Å². The quantitative estimate of drug-likeness (QED) is 0.385. The van der Waals surface area contributed by atoms with Crippen LogP contribution in [-0.2, 0) is 9.47 Å². The standard InChI is InChI=1S/C19H29FN4O3.HI/c1-19(2,3)27-18(25)24-11-9-23(10-12-24)17(21)22-13-16(26-4)14-5-7-15(20)8-6-14;/h5-8,16H,9-13H2,1-4H3,(H2,21,22);1H. The van der Waals surface area contributed by atoms with Crippen molar-refractivity contribution in [3.05, 3.63) is 35.6 Å². The molecule has 158 valence electrons. The zero-order valence-corrected chi connectivity index (χ0v) is 19.2. The number of guanidine groups is 1. The van der Waals surface area contributed by atoms with E-state index in [2.05, 4.69) is 4.99 Å². The first kappa shape index (κ1) is 24.4. The second kappa shape index (κ2) is 10.8. The Bertz CT molecular complexity index is 656. The number of ether oxygens (including phenoxy) is 2. The smallest absolute Gasteiger partial charge is 0.410 e. The molecule has 1 saturated heterocycles. The van der Waals surface area contributed by atoms with Crippen LogP contribution in [0.15, 0.2) is 29.3 Å². The van der Waals surface area contributed by atoms with Crippen LogP contribution in [0.5, 0.6) is 0 Å². The number of amides is 1. The first-order valence-corrected chi connectivity index (χ1v) is 9.00. The number of nitrogens with zero attached hydrogens (tertiary/aromatic N) is 3. The number of methoxy groups -OCH3 is 1. The highest BCUT2D eigenvalue weighted by Gasteiger charge is 2.26. The maximum Gasteiger partial charge on any atom is 0.410 e. The summed E-state index contributed by atoms with van der Waals surface area (Å²) in [6.45, 7) is 8.09. The van der Waals surface area contributed by atoms with E-state index in [1.165, 1.54) is 12.1 Å². The number of hydrogen-bond donors (Lipinski definition) is 1. The predicted octanol–water partition coefficient (Wildman–Crippen LogP) is 3.00. The molecule has 1 fully saturated rings. The molecule has 1 aromatic rings. The van der Waals surface area contributed by atoms with E-state index < -0.39 is 5.60 Å². The van der Waals surface area contributed by atoms with Crippen LogP contribution >= 0.6 is 24.0 Å². The van der Waals surface area contributed by atoms with Crippen molar-refractivity contribution in [1.82, 2.24) is 9.80 Å². The lowest BCUT2D eigenvalue weighted by Crippen LogP contribution is -2.53. The molecular formula is C19H30FIN4O3. The third kappa shape index (κ3) is 7.42. The van der Waals surface area contributed by atoms with Gasteiger partial charge in [0.25, 0.3) is 0 Å². The molecule has 1 amide bonds. The Morgan fingerprint density at radius 2 is 1.71 bits per heavy atom. The van der Waals surface area contributed by atoms with E-state index in [0.29, 0.717) is 38.7 Å². The first-order chi connectivity index (χ1) is 12.7. The van der Waals surface area contributed by atoms with Crippen molar-refractivity contribution in [2.45, 2.75) is 32.5 Å². The number of aliphatic imine (C=N–C) groups is 1. The van der Waals surface area contributed by atoms with Gasteiger partial charge in [-0.05, 0) is 38.5 Å². The highest BCUT2D eigenvalue weighted by molar-refractivity contribution is 14.0. The topological polar surface area (TPSA) is 80.4 Å². The van der Waals surface area contributed by atoms with Crippen LogP contribution in [0.4, 0.5) is 9.18 Å². The molecule has 1 aliphatic heterocycles. The van der Waals surface area contributed by atoms with Crippen molar-refractivity contribution in [3.8, 4) is 0 Å². The molecule has 1 aliphatic rings. The van der Waals surface area contributed by atoms with E-state index in [9.17, 15) is 9.18 Å². The van der Waals surface area contributed by atoms with Crippen LogP contribution in [0.25, 0.3) is 0 Å². The van der Waals surface area contributed by atoms with Crippen LogP contribution in [0.2, 0.25) is 0 Å². The summed E-state index contributed by atoms with van der Waals surface area (Å²) in [5.74, 6) is 0.113. The molecule has 0 aliphatic carbocycles. The highest BCUT2D eigenvalue weighted by atomic mass is 127. The Morgan fingerprint density at radius 1 is 1.18 bits per heavy atom. The molecule has 0 aromatic heterocycles. The molecule has 7 nitrogen and oxygen atoms in total. The van der Waals surface area contributed by atoms with Gasteiger partial charge in [-0.1, -0.05) is 12.1 Å². The zero-order chi connectivity index (χ0) is 20.0. The molecule has 1 aromatic carbocycles. The molecule has 1 unspecified atom stereocenters. The van der Waals surface area contributed by atoms with E-state index in [0.717, 1.165) is 5.56 Å². The van der Waals surface area contributed by atoms with E-state index in [-0.39, 0.29) is 42.0 Å². The molecule has 0 bridgehead atoms. The Labute approximate surface area is 183 Å². The maximum atomic E-state index is 13.1. The largest absolute Gasteiger partial charge is 0.444 e. The minimum absolute atomic E-state index is 0. The molecule has 28 heavy (non-hydrogen) atoms. The Balaban J connectivity index is 0.00000392.